The Labute approximate surface area is 126 Å². The molecule has 0 bridgehead atoms. The second-order valence-electron chi connectivity index (χ2n) is 3.69. The van der Waals surface area contributed by atoms with Crippen molar-refractivity contribution in [3.8, 4) is 11.6 Å². The number of para-hydroxylation sites is 1. The lowest BCUT2D eigenvalue weighted by Gasteiger charge is -2.09. The Hall–Kier alpha value is -1.47. The molecule has 2 aromatic rings. The highest BCUT2D eigenvalue weighted by Crippen LogP contribution is 2.39. The summed E-state index contributed by atoms with van der Waals surface area (Å²) in [5, 5.41) is 11.0. The lowest BCUT2D eigenvalue weighted by molar-refractivity contribution is -0.385. The number of rotatable bonds is 3. The second-order valence-corrected chi connectivity index (χ2v) is 5.34. The van der Waals surface area contributed by atoms with Gasteiger partial charge in [-0.2, -0.15) is 0 Å². The smallest absolute Gasteiger partial charge is 0.312 e. The largest absolute Gasteiger partial charge is 0.429 e. The van der Waals surface area contributed by atoms with Crippen LogP contribution in [-0.4, -0.2) is 9.91 Å². The van der Waals surface area contributed by atoms with E-state index in [1.54, 1.807) is 18.3 Å². The number of aryl methyl sites for hydroxylation is 1. The van der Waals surface area contributed by atoms with E-state index < -0.39 is 4.92 Å². The van der Waals surface area contributed by atoms with Crippen molar-refractivity contribution < 1.29 is 9.66 Å². The highest BCUT2D eigenvalue weighted by Gasteiger charge is 2.20. The van der Waals surface area contributed by atoms with E-state index in [-0.39, 0.29) is 17.3 Å². The van der Waals surface area contributed by atoms with Gasteiger partial charge < -0.3 is 4.74 Å². The number of nitrogens with zero attached hydrogens (tertiary/aromatic N) is 2. The van der Waals surface area contributed by atoms with Crippen LogP contribution in [0.1, 0.15) is 5.56 Å². The number of ether oxygens (including phenoxy) is 1. The fourth-order valence-corrected chi connectivity index (χ4v) is 2.18. The van der Waals surface area contributed by atoms with Crippen molar-refractivity contribution in [2.45, 2.75) is 6.92 Å². The molecule has 1 aromatic heterocycles. The molecule has 0 saturated heterocycles. The van der Waals surface area contributed by atoms with E-state index in [0.717, 1.165) is 5.56 Å². The van der Waals surface area contributed by atoms with Crippen LogP contribution in [0.3, 0.4) is 0 Å². The van der Waals surface area contributed by atoms with Crippen molar-refractivity contribution in [2.24, 2.45) is 0 Å². The maximum Gasteiger partial charge on any atom is 0.312 e. The Morgan fingerprint density at radius 1 is 1.32 bits per heavy atom. The molecule has 0 amide bonds. The van der Waals surface area contributed by atoms with Crippen LogP contribution in [0.2, 0.25) is 0 Å². The van der Waals surface area contributed by atoms with Gasteiger partial charge in [0.15, 0.2) is 0 Å². The quantitative estimate of drug-likeness (QED) is 0.569. The Balaban J connectivity index is 2.49. The maximum absolute atomic E-state index is 11.0. The van der Waals surface area contributed by atoms with E-state index in [2.05, 4.69) is 36.8 Å². The first-order valence-corrected chi connectivity index (χ1v) is 6.81. The lowest BCUT2D eigenvalue weighted by atomic mass is 10.3. The van der Waals surface area contributed by atoms with Gasteiger partial charge in [-0.15, -0.1) is 0 Å². The van der Waals surface area contributed by atoms with Crippen LogP contribution in [0.4, 0.5) is 5.69 Å². The molecule has 1 heterocycles. The number of nitro benzene ring substituents is 1. The number of benzene rings is 1. The molecule has 0 spiro atoms. The molecule has 0 aliphatic rings. The first-order chi connectivity index (χ1) is 9.00. The Morgan fingerprint density at radius 2 is 2.05 bits per heavy atom. The van der Waals surface area contributed by atoms with Gasteiger partial charge in [0.25, 0.3) is 0 Å². The topological polar surface area (TPSA) is 65.3 Å². The number of halogens is 2. The zero-order chi connectivity index (χ0) is 14.0. The first-order valence-electron chi connectivity index (χ1n) is 5.22. The molecule has 0 unspecified atom stereocenters. The van der Waals surface area contributed by atoms with Gasteiger partial charge in [0.2, 0.25) is 11.6 Å². The molecule has 98 valence electrons. The number of pyridine rings is 1. The first kappa shape index (κ1) is 14.0. The Bertz CT molecular complexity index is 647. The van der Waals surface area contributed by atoms with Crippen LogP contribution in [0.25, 0.3) is 0 Å². The van der Waals surface area contributed by atoms with Crippen molar-refractivity contribution in [3.63, 3.8) is 0 Å². The Kier molecular flexibility index (Phi) is 4.16. The van der Waals surface area contributed by atoms with E-state index in [0.29, 0.717) is 8.95 Å². The van der Waals surface area contributed by atoms with Gasteiger partial charge in [-0.3, -0.25) is 10.1 Å². The predicted octanol–water partition coefficient (Wildman–Crippen LogP) is 4.62. The standard InChI is InChI=1S/C12H8Br2N2O3/c1-7-5-6-15-12(10(7)14)19-11-8(13)3-2-4-9(11)16(17)18/h2-6H,1H3. The number of aromatic nitrogens is 1. The normalized spacial score (nSPS) is 10.3. The minimum Gasteiger partial charge on any atom is -0.429 e. The number of hydrogen-bond acceptors (Lipinski definition) is 4. The molecular weight excluding hydrogens is 380 g/mol. The molecule has 1 aromatic carbocycles. The zero-order valence-electron chi connectivity index (χ0n) is 9.76. The summed E-state index contributed by atoms with van der Waals surface area (Å²) in [4.78, 5) is 14.6. The molecule has 0 fully saturated rings. The molecule has 7 heteroatoms. The summed E-state index contributed by atoms with van der Waals surface area (Å²) in [6, 6.07) is 6.44. The summed E-state index contributed by atoms with van der Waals surface area (Å²) in [5.41, 5.74) is 0.810. The van der Waals surface area contributed by atoms with Crippen LogP contribution >= 0.6 is 31.9 Å². The third-order valence-corrected chi connectivity index (χ3v) is 3.98. The fraction of sp³-hybridized carbons (Fsp3) is 0.0833. The van der Waals surface area contributed by atoms with Crippen molar-refractivity contribution in [1.29, 1.82) is 0 Å². The van der Waals surface area contributed by atoms with Gasteiger partial charge in [0.1, 0.15) is 0 Å². The van der Waals surface area contributed by atoms with Crippen molar-refractivity contribution in [2.75, 3.05) is 0 Å². The van der Waals surface area contributed by atoms with Crippen LogP contribution in [0.5, 0.6) is 11.6 Å². The fourth-order valence-electron chi connectivity index (χ4n) is 1.43. The van der Waals surface area contributed by atoms with Gasteiger partial charge >= 0.3 is 5.69 Å². The molecule has 5 nitrogen and oxygen atoms in total. The third-order valence-electron chi connectivity index (χ3n) is 2.39. The van der Waals surface area contributed by atoms with E-state index in [4.69, 9.17) is 4.74 Å². The minimum absolute atomic E-state index is 0.121. The third kappa shape index (κ3) is 2.93. The van der Waals surface area contributed by atoms with E-state index >= 15 is 0 Å². The lowest BCUT2D eigenvalue weighted by Crippen LogP contribution is -1.96. The highest BCUT2D eigenvalue weighted by molar-refractivity contribution is 9.11. The van der Waals surface area contributed by atoms with E-state index in [1.165, 1.54) is 6.07 Å². The molecule has 0 radical (unpaired) electrons. The molecule has 0 saturated carbocycles. The van der Waals surface area contributed by atoms with Gasteiger partial charge in [-0.05, 0) is 56.5 Å². The molecule has 0 N–H and O–H groups in total. The monoisotopic (exact) mass is 386 g/mol. The average molecular weight is 388 g/mol. The van der Waals surface area contributed by atoms with Crippen LogP contribution in [-0.2, 0) is 0 Å². The van der Waals surface area contributed by atoms with Gasteiger partial charge in [0.05, 0.1) is 13.9 Å². The average Bonchev–Trinajstić information content (AvgIpc) is 2.36. The summed E-state index contributed by atoms with van der Waals surface area (Å²) in [6.45, 7) is 1.88. The zero-order valence-corrected chi connectivity index (χ0v) is 12.9. The Morgan fingerprint density at radius 3 is 2.74 bits per heavy atom. The predicted molar refractivity (Wildman–Crippen MR) is 77.5 cm³/mol. The van der Waals surface area contributed by atoms with Crippen molar-refractivity contribution in [1.82, 2.24) is 4.98 Å². The molecule has 2 rings (SSSR count). The molecule has 0 aliphatic heterocycles. The number of hydrogen-bond donors (Lipinski definition) is 0. The summed E-state index contributed by atoms with van der Waals surface area (Å²) in [6.07, 6.45) is 1.58. The minimum atomic E-state index is -0.496. The van der Waals surface area contributed by atoms with Crippen LogP contribution in [0.15, 0.2) is 39.4 Å². The van der Waals surface area contributed by atoms with E-state index in [1.807, 2.05) is 13.0 Å². The summed E-state index contributed by atoms with van der Waals surface area (Å²) >= 11 is 6.59. The van der Waals surface area contributed by atoms with E-state index in [9.17, 15) is 10.1 Å². The summed E-state index contributed by atoms with van der Waals surface area (Å²) < 4.78 is 6.73. The second kappa shape index (κ2) is 5.66. The van der Waals surface area contributed by atoms with Gasteiger partial charge in [0, 0.05) is 12.3 Å². The van der Waals surface area contributed by atoms with Crippen molar-refractivity contribution >= 4 is 37.5 Å². The molecule has 0 aliphatic carbocycles. The van der Waals surface area contributed by atoms with Crippen molar-refractivity contribution in [3.05, 3.63) is 55.1 Å². The molecule has 19 heavy (non-hydrogen) atoms. The summed E-state index contributed by atoms with van der Waals surface area (Å²) in [5.74, 6) is 0.418. The highest BCUT2D eigenvalue weighted by atomic mass is 79.9. The maximum atomic E-state index is 11.0. The molecular formula is C12H8Br2N2O3. The summed E-state index contributed by atoms with van der Waals surface area (Å²) in [7, 11) is 0. The number of nitro groups is 1. The van der Waals surface area contributed by atoms with Crippen LogP contribution < -0.4 is 4.74 Å². The molecule has 0 atom stereocenters. The van der Waals surface area contributed by atoms with Gasteiger partial charge in [-0.1, -0.05) is 6.07 Å². The van der Waals surface area contributed by atoms with Crippen LogP contribution in [0, 0.1) is 17.0 Å². The SMILES string of the molecule is Cc1ccnc(Oc2c(Br)cccc2[N+](=O)[O-])c1Br. The van der Waals surface area contributed by atoms with Gasteiger partial charge in [-0.25, -0.2) is 4.98 Å².